The number of hydrogen-bond donors (Lipinski definition) is 2. The van der Waals surface area contributed by atoms with E-state index in [0.29, 0.717) is 31.2 Å². The van der Waals surface area contributed by atoms with Crippen molar-refractivity contribution in [3.8, 4) is 5.75 Å². The second kappa shape index (κ2) is 9.42. The number of halogens is 1. The fourth-order valence-corrected chi connectivity index (χ4v) is 2.53. The maximum atomic E-state index is 12.3. The van der Waals surface area contributed by atoms with Crippen LogP contribution in [0.25, 0.3) is 0 Å². The molecule has 1 fully saturated rings. The second-order valence-corrected chi connectivity index (χ2v) is 5.83. The Labute approximate surface area is 154 Å². The van der Waals surface area contributed by atoms with Crippen LogP contribution in [0, 0.1) is 6.92 Å². The van der Waals surface area contributed by atoms with Crippen LogP contribution in [0.3, 0.4) is 0 Å². The molecule has 2 N–H and O–H groups in total. The van der Waals surface area contributed by atoms with Crippen molar-refractivity contribution in [3.63, 3.8) is 0 Å². The van der Waals surface area contributed by atoms with Crippen LogP contribution in [0.5, 0.6) is 5.75 Å². The smallest absolute Gasteiger partial charge is 0.254 e. The molecule has 1 aliphatic rings. The fourth-order valence-electron chi connectivity index (χ4n) is 2.53. The number of rotatable bonds is 5. The molecule has 3 rings (SSSR count). The summed E-state index contributed by atoms with van der Waals surface area (Å²) in [5, 5.41) is 6.07. The minimum Gasteiger partial charge on any atom is -0.487 e. The van der Waals surface area contributed by atoms with Gasteiger partial charge in [0.05, 0.1) is 12.3 Å². The van der Waals surface area contributed by atoms with Crippen molar-refractivity contribution >= 4 is 24.0 Å². The summed E-state index contributed by atoms with van der Waals surface area (Å²) in [7, 11) is 0. The topological polar surface area (TPSA) is 59.6 Å². The Bertz CT molecular complexity index is 688. The molecule has 0 radical (unpaired) electrons. The number of hydrogen-bond acceptors (Lipinski definition) is 4. The molecule has 0 saturated carbocycles. The van der Waals surface area contributed by atoms with E-state index >= 15 is 0 Å². The fraction of sp³-hybridized carbons (Fsp3) is 0.316. The summed E-state index contributed by atoms with van der Waals surface area (Å²) in [6.07, 6.45) is -0.470. The average molecular weight is 363 g/mol. The van der Waals surface area contributed by atoms with E-state index in [1.807, 2.05) is 55.5 Å². The van der Waals surface area contributed by atoms with Crippen molar-refractivity contribution in [1.82, 2.24) is 5.32 Å². The molecule has 1 heterocycles. The molecule has 1 amide bonds. The maximum Gasteiger partial charge on any atom is 0.254 e. The number of carbonyl (C=O) groups excluding carboxylic acids is 1. The normalized spacial score (nSPS) is 16.6. The summed E-state index contributed by atoms with van der Waals surface area (Å²) < 4.78 is 11.4. The van der Waals surface area contributed by atoms with Crippen molar-refractivity contribution in [1.29, 1.82) is 0 Å². The average Bonchev–Trinajstić information content (AvgIpc) is 2.63. The van der Waals surface area contributed by atoms with Gasteiger partial charge in [-0.2, -0.15) is 0 Å². The molecule has 0 aliphatic carbocycles. The molecule has 2 aromatic carbocycles. The van der Waals surface area contributed by atoms with E-state index in [-0.39, 0.29) is 18.3 Å². The quantitative estimate of drug-likeness (QED) is 0.858. The van der Waals surface area contributed by atoms with Gasteiger partial charge in [0.2, 0.25) is 0 Å². The number of benzene rings is 2. The number of amides is 1. The Kier molecular flexibility index (Phi) is 7.25. The maximum absolute atomic E-state index is 12.3. The third-order valence-electron chi connectivity index (χ3n) is 3.85. The SMILES string of the molecule is Cc1ccc(NC(=O)C2CNCCO2)c(OCc2ccccc2)c1.Cl. The van der Waals surface area contributed by atoms with E-state index in [1.54, 1.807) is 0 Å². The number of nitrogens with one attached hydrogen (secondary N) is 2. The van der Waals surface area contributed by atoms with E-state index < -0.39 is 6.10 Å². The van der Waals surface area contributed by atoms with Gasteiger partial charge in [0.25, 0.3) is 5.91 Å². The Morgan fingerprint density at radius 2 is 2.08 bits per heavy atom. The number of carbonyl (C=O) groups is 1. The number of aryl methyl sites for hydroxylation is 1. The van der Waals surface area contributed by atoms with Gasteiger partial charge in [-0.25, -0.2) is 0 Å². The van der Waals surface area contributed by atoms with Gasteiger partial charge in [-0.1, -0.05) is 36.4 Å². The van der Waals surface area contributed by atoms with Gasteiger partial charge >= 0.3 is 0 Å². The summed E-state index contributed by atoms with van der Waals surface area (Å²) in [6, 6.07) is 15.7. The highest BCUT2D eigenvalue weighted by Crippen LogP contribution is 2.27. The summed E-state index contributed by atoms with van der Waals surface area (Å²) in [5.74, 6) is 0.506. The van der Waals surface area contributed by atoms with Crippen LogP contribution in [-0.2, 0) is 16.1 Å². The molecule has 1 aliphatic heterocycles. The lowest BCUT2D eigenvalue weighted by atomic mass is 10.2. The molecule has 1 atom stereocenters. The molecular weight excluding hydrogens is 340 g/mol. The van der Waals surface area contributed by atoms with Gasteiger partial charge in [0, 0.05) is 13.1 Å². The predicted molar refractivity (Wildman–Crippen MR) is 100 cm³/mol. The van der Waals surface area contributed by atoms with Crippen LogP contribution >= 0.6 is 12.4 Å². The summed E-state index contributed by atoms with van der Waals surface area (Å²) in [5.41, 5.74) is 2.82. The van der Waals surface area contributed by atoms with Gasteiger partial charge in [-0.15, -0.1) is 12.4 Å². The lowest BCUT2D eigenvalue weighted by Gasteiger charge is -2.23. The first-order chi connectivity index (χ1) is 11.7. The van der Waals surface area contributed by atoms with Crippen molar-refractivity contribution in [2.24, 2.45) is 0 Å². The standard InChI is InChI=1S/C19H22N2O3.ClH/c1-14-7-8-16(21-19(22)18-12-20-9-10-23-18)17(11-14)24-13-15-5-3-2-4-6-15;/h2-8,11,18,20H,9-10,12-13H2,1H3,(H,21,22);1H. The zero-order valence-corrected chi connectivity index (χ0v) is 15.0. The molecule has 0 spiro atoms. The van der Waals surface area contributed by atoms with Gasteiger partial charge in [-0.05, 0) is 30.2 Å². The minimum absolute atomic E-state index is 0. The molecule has 1 unspecified atom stereocenters. The number of morpholine rings is 1. The molecule has 0 aromatic heterocycles. The van der Waals surface area contributed by atoms with Crippen molar-refractivity contribution < 1.29 is 14.3 Å². The number of anilines is 1. The van der Waals surface area contributed by atoms with Crippen molar-refractivity contribution in [2.45, 2.75) is 19.6 Å². The van der Waals surface area contributed by atoms with Gasteiger partial charge in [-0.3, -0.25) is 4.79 Å². The molecule has 0 bridgehead atoms. The minimum atomic E-state index is -0.470. The lowest BCUT2D eigenvalue weighted by molar-refractivity contribution is -0.128. The third kappa shape index (κ3) is 5.46. The second-order valence-electron chi connectivity index (χ2n) is 5.83. The first kappa shape index (κ1) is 19.2. The molecular formula is C19H23ClN2O3. The Morgan fingerprint density at radius 3 is 2.80 bits per heavy atom. The van der Waals surface area contributed by atoms with Crippen LogP contribution < -0.4 is 15.4 Å². The van der Waals surface area contributed by atoms with Crippen LogP contribution in [-0.4, -0.2) is 31.7 Å². The Hall–Kier alpha value is -2.08. The summed E-state index contributed by atoms with van der Waals surface area (Å²) >= 11 is 0. The molecule has 2 aromatic rings. The predicted octanol–water partition coefficient (Wildman–Crippen LogP) is 2.92. The van der Waals surface area contributed by atoms with E-state index in [0.717, 1.165) is 17.7 Å². The first-order valence-corrected chi connectivity index (χ1v) is 8.13. The molecule has 6 heteroatoms. The van der Waals surface area contributed by atoms with Crippen LogP contribution in [0.4, 0.5) is 5.69 Å². The van der Waals surface area contributed by atoms with Gasteiger partial charge in [0.1, 0.15) is 18.5 Å². The monoisotopic (exact) mass is 362 g/mol. The first-order valence-electron chi connectivity index (χ1n) is 8.13. The molecule has 134 valence electrons. The van der Waals surface area contributed by atoms with Crippen LogP contribution in [0.1, 0.15) is 11.1 Å². The van der Waals surface area contributed by atoms with Crippen molar-refractivity contribution in [2.75, 3.05) is 25.0 Å². The van der Waals surface area contributed by atoms with E-state index in [1.165, 1.54) is 0 Å². The number of ether oxygens (including phenoxy) is 2. The third-order valence-corrected chi connectivity index (χ3v) is 3.85. The summed E-state index contributed by atoms with van der Waals surface area (Å²) in [4.78, 5) is 12.3. The van der Waals surface area contributed by atoms with Crippen LogP contribution in [0.15, 0.2) is 48.5 Å². The highest BCUT2D eigenvalue weighted by Gasteiger charge is 2.22. The highest BCUT2D eigenvalue weighted by atomic mass is 35.5. The van der Waals surface area contributed by atoms with E-state index in [9.17, 15) is 4.79 Å². The highest BCUT2D eigenvalue weighted by molar-refractivity contribution is 5.95. The summed E-state index contributed by atoms with van der Waals surface area (Å²) in [6.45, 7) is 4.30. The van der Waals surface area contributed by atoms with Gasteiger partial charge in [0.15, 0.2) is 0 Å². The van der Waals surface area contributed by atoms with E-state index in [2.05, 4.69) is 10.6 Å². The molecule has 5 nitrogen and oxygen atoms in total. The molecule has 25 heavy (non-hydrogen) atoms. The zero-order chi connectivity index (χ0) is 16.8. The lowest BCUT2D eigenvalue weighted by Crippen LogP contribution is -2.45. The van der Waals surface area contributed by atoms with Gasteiger partial charge < -0.3 is 20.1 Å². The zero-order valence-electron chi connectivity index (χ0n) is 14.2. The van der Waals surface area contributed by atoms with Crippen molar-refractivity contribution in [3.05, 3.63) is 59.7 Å². The Balaban J connectivity index is 0.00000225. The van der Waals surface area contributed by atoms with E-state index in [4.69, 9.17) is 9.47 Å². The largest absolute Gasteiger partial charge is 0.487 e. The van der Waals surface area contributed by atoms with Crippen LogP contribution in [0.2, 0.25) is 0 Å². The Morgan fingerprint density at radius 1 is 1.28 bits per heavy atom. The molecule has 1 saturated heterocycles.